The van der Waals surface area contributed by atoms with Crippen LogP contribution in [0.5, 0.6) is 0 Å². The number of halogens is 1. The fourth-order valence-corrected chi connectivity index (χ4v) is 5.02. The van der Waals surface area contributed by atoms with Gasteiger partial charge in [-0.25, -0.2) is 4.99 Å². The zero-order chi connectivity index (χ0) is 25.9. The molecule has 0 heterocycles. The molecule has 1 N–H and O–H groups in total. The van der Waals surface area contributed by atoms with Gasteiger partial charge in [0, 0.05) is 15.7 Å². The Morgan fingerprint density at radius 2 is 1.18 bits per heavy atom. The summed E-state index contributed by atoms with van der Waals surface area (Å²) in [4.78, 5) is 18.4. The molecule has 0 saturated heterocycles. The van der Waals surface area contributed by atoms with Crippen LogP contribution >= 0.6 is 15.9 Å². The number of carbonyl (C=O) groups is 1. The van der Waals surface area contributed by atoms with Gasteiger partial charge >= 0.3 is 0 Å². The van der Waals surface area contributed by atoms with Gasteiger partial charge in [-0.3, -0.25) is 4.79 Å². The van der Waals surface area contributed by atoms with Gasteiger partial charge in [-0.15, -0.1) is 0 Å². The number of nitrogens with zero attached hydrogens (tertiary/aromatic N) is 1. The fraction of sp³-hybridized carbons (Fsp3) is 0. The predicted octanol–water partition coefficient (Wildman–Crippen LogP) is 8.93. The van der Waals surface area contributed by atoms with Crippen molar-refractivity contribution in [2.24, 2.45) is 4.99 Å². The standard InChI is InChI=1S/C34H23BrN2O/c35-24-20-18-23(19-21-24)33(22-31-28-14-6-4-12-26(28)27-13-5-7-15-29(27)31)37-32-17-9-8-16-30(32)34(38)36-25-10-2-1-3-11-25/h1-22H,(H,36,38). The second-order valence-electron chi connectivity index (χ2n) is 8.99. The third-order valence-corrected chi connectivity index (χ3v) is 7.10. The molecule has 5 aromatic rings. The van der Waals surface area contributed by atoms with Crippen molar-refractivity contribution in [3.05, 3.63) is 160 Å². The first-order chi connectivity index (χ1) is 18.7. The van der Waals surface area contributed by atoms with Gasteiger partial charge in [-0.05, 0) is 70.3 Å². The van der Waals surface area contributed by atoms with Crippen molar-refractivity contribution in [3.63, 3.8) is 0 Å². The quantitative estimate of drug-likeness (QED) is 0.212. The number of amides is 1. The lowest BCUT2D eigenvalue weighted by Gasteiger charge is -2.10. The normalized spacial score (nSPS) is 12.0. The molecule has 182 valence electrons. The lowest BCUT2D eigenvalue weighted by molar-refractivity contribution is 0.102. The van der Waals surface area contributed by atoms with E-state index >= 15 is 0 Å². The number of fused-ring (bicyclic) bond motifs is 3. The van der Waals surface area contributed by atoms with Crippen LogP contribution in [0.2, 0.25) is 0 Å². The second-order valence-corrected chi connectivity index (χ2v) is 9.91. The minimum Gasteiger partial charge on any atom is -0.322 e. The van der Waals surface area contributed by atoms with E-state index in [0.29, 0.717) is 11.3 Å². The Bertz CT molecular complexity index is 1660. The highest BCUT2D eigenvalue weighted by Gasteiger charge is 2.23. The number of anilines is 1. The summed E-state index contributed by atoms with van der Waals surface area (Å²) in [5.41, 5.74) is 9.49. The van der Waals surface area contributed by atoms with Crippen LogP contribution in [0.4, 0.5) is 11.4 Å². The number of benzene rings is 5. The molecule has 1 amide bonds. The van der Waals surface area contributed by atoms with E-state index < -0.39 is 0 Å². The van der Waals surface area contributed by atoms with E-state index in [1.165, 1.54) is 22.3 Å². The lowest BCUT2D eigenvalue weighted by atomic mass is 9.99. The average molecular weight is 555 g/mol. The van der Waals surface area contributed by atoms with Crippen molar-refractivity contribution in [2.75, 3.05) is 5.32 Å². The Morgan fingerprint density at radius 3 is 1.84 bits per heavy atom. The summed E-state index contributed by atoms with van der Waals surface area (Å²) >= 11 is 3.55. The van der Waals surface area contributed by atoms with Crippen LogP contribution in [0.3, 0.4) is 0 Å². The van der Waals surface area contributed by atoms with Gasteiger partial charge in [0.1, 0.15) is 0 Å². The number of allylic oxidation sites excluding steroid dienone is 1. The Balaban J connectivity index is 1.50. The number of hydrogen-bond donors (Lipinski definition) is 1. The number of rotatable bonds is 5. The molecule has 0 atom stereocenters. The van der Waals surface area contributed by atoms with E-state index in [2.05, 4.69) is 75.9 Å². The van der Waals surface area contributed by atoms with E-state index in [-0.39, 0.29) is 5.91 Å². The highest BCUT2D eigenvalue weighted by atomic mass is 79.9. The molecule has 0 unspecified atom stereocenters. The van der Waals surface area contributed by atoms with Gasteiger partial charge in [0.15, 0.2) is 0 Å². The molecule has 0 aliphatic heterocycles. The van der Waals surface area contributed by atoms with Crippen molar-refractivity contribution >= 4 is 44.5 Å². The van der Waals surface area contributed by atoms with Gasteiger partial charge in [0.25, 0.3) is 5.91 Å². The van der Waals surface area contributed by atoms with Crippen molar-refractivity contribution < 1.29 is 4.79 Å². The Morgan fingerprint density at radius 1 is 0.632 bits per heavy atom. The number of hydrogen-bond acceptors (Lipinski definition) is 2. The van der Waals surface area contributed by atoms with E-state index in [1.807, 2.05) is 78.9 Å². The SMILES string of the molecule is O=C(Nc1ccccc1)c1ccccc1N=C(C=C1c2ccccc2-c2ccccc21)c1ccc(Br)cc1. The first-order valence-corrected chi connectivity index (χ1v) is 13.2. The summed E-state index contributed by atoms with van der Waals surface area (Å²) in [5, 5.41) is 2.99. The molecule has 5 aromatic carbocycles. The zero-order valence-electron chi connectivity index (χ0n) is 20.4. The molecular formula is C34H23BrN2O. The third-order valence-electron chi connectivity index (χ3n) is 6.57. The molecule has 3 nitrogen and oxygen atoms in total. The topological polar surface area (TPSA) is 41.5 Å². The number of nitrogens with one attached hydrogen (secondary N) is 1. The van der Waals surface area contributed by atoms with Crippen LogP contribution in [-0.2, 0) is 0 Å². The smallest absolute Gasteiger partial charge is 0.257 e. The van der Waals surface area contributed by atoms with Crippen LogP contribution in [0.25, 0.3) is 16.7 Å². The summed E-state index contributed by atoms with van der Waals surface area (Å²) < 4.78 is 0.993. The molecule has 0 spiro atoms. The molecule has 0 radical (unpaired) electrons. The molecule has 6 rings (SSSR count). The third kappa shape index (κ3) is 4.74. The Hall–Kier alpha value is -4.54. The molecule has 0 fully saturated rings. The van der Waals surface area contributed by atoms with Crippen LogP contribution in [-0.4, -0.2) is 11.6 Å². The number of aliphatic imine (C=N–C) groups is 1. The largest absolute Gasteiger partial charge is 0.322 e. The van der Waals surface area contributed by atoms with Crippen LogP contribution in [0.15, 0.2) is 143 Å². The van der Waals surface area contributed by atoms with Crippen LogP contribution in [0, 0.1) is 0 Å². The van der Waals surface area contributed by atoms with Crippen molar-refractivity contribution in [3.8, 4) is 11.1 Å². The lowest BCUT2D eigenvalue weighted by Crippen LogP contribution is -2.12. The highest BCUT2D eigenvalue weighted by molar-refractivity contribution is 9.10. The first-order valence-electron chi connectivity index (χ1n) is 12.4. The molecule has 0 bridgehead atoms. The molecular weight excluding hydrogens is 532 g/mol. The van der Waals surface area contributed by atoms with E-state index in [1.54, 1.807) is 0 Å². The molecule has 38 heavy (non-hydrogen) atoms. The van der Waals surface area contributed by atoms with Gasteiger partial charge < -0.3 is 5.32 Å². The molecule has 0 saturated carbocycles. The zero-order valence-corrected chi connectivity index (χ0v) is 22.0. The summed E-state index contributed by atoms with van der Waals surface area (Å²) in [6.45, 7) is 0. The maximum atomic E-state index is 13.3. The molecule has 0 aromatic heterocycles. The van der Waals surface area contributed by atoms with Crippen molar-refractivity contribution in [1.82, 2.24) is 0 Å². The Kier molecular flexibility index (Phi) is 6.55. The minimum atomic E-state index is -0.199. The highest BCUT2D eigenvalue weighted by Crippen LogP contribution is 2.44. The Labute approximate surface area is 230 Å². The van der Waals surface area contributed by atoms with Crippen LogP contribution < -0.4 is 5.32 Å². The molecule has 1 aliphatic rings. The van der Waals surface area contributed by atoms with Gasteiger partial charge in [-0.2, -0.15) is 0 Å². The molecule has 1 aliphatic carbocycles. The summed E-state index contributed by atoms with van der Waals surface area (Å²) in [5.74, 6) is -0.199. The van der Waals surface area contributed by atoms with Gasteiger partial charge in [0.05, 0.1) is 17.0 Å². The average Bonchev–Trinajstić information content (AvgIpc) is 3.27. The summed E-state index contributed by atoms with van der Waals surface area (Å²) in [7, 11) is 0. The van der Waals surface area contributed by atoms with Crippen LogP contribution in [0.1, 0.15) is 27.0 Å². The van der Waals surface area contributed by atoms with E-state index in [9.17, 15) is 4.79 Å². The van der Waals surface area contributed by atoms with E-state index in [0.717, 1.165) is 27.0 Å². The summed E-state index contributed by atoms with van der Waals surface area (Å²) in [6.07, 6.45) is 2.14. The maximum absolute atomic E-state index is 13.3. The van der Waals surface area contributed by atoms with Crippen molar-refractivity contribution in [1.29, 1.82) is 0 Å². The monoisotopic (exact) mass is 554 g/mol. The van der Waals surface area contributed by atoms with Gasteiger partial charge in [0.2, 0.25) is 0 Å². The maximum Gasteiger partial charge on any atom is 0.257 e. The van der Waals surface area contributed by atoms with Crippen molar-refractivity contribution in [2.45, 2.75) is 0 Å². The molecule has 4 heteroatoms. The first kappa shape index (κ1) is 23.8. The van der Waals surface area contributed by atoms with Gasteiger partial charge in [-0.1, -0.05) is 107 Å². The number of para-hydroxylation sites is 2. The number of carbonyl (C=O) groups excluding carboxylic acids is 1. The second kappa shape index (κ2) is 10.4. The van der Waals surface area contributed by atoms with E-state index in [4.69, 9.17) is 4.99 Å². The minimum absolute atomic E-state index is 0.199. The fourth-order valence-electron chi connectivity index (χ4n) is 4.76. The predicted molar refractivity (Wildman–Crippen MR) is 160 cm³/mol. The summed E-state index contributed by atoms with van der Waals surface area (Å²) in [6, 6.07) is 41.9.